The van der Waals surface area contributed by atoms with Crippen LogP contribution >= 0.6 is 23.5 Å². The Morgan fingerprint density at radius 1 is 1.26 bits per heavy atom. The summed E-state index contributed by atoms with van der Waals surface area (Å²) in [4.78, 5) is 4.47. The maximum Gasteiger partial charge on any atom is 0.248 e. The van der Waals surface area contributed by atoms with Crippen molar-refractivity contribution in [3.8, 4) is 0 Å². The zero-order valence-electron chi connectivity index (χ0n) is 10.4. The van der Waals surface area contributed by atoms with Crippen molar-refractivity contribution in [1.29, 1.82) is 0 Å². The molecule has 3 rings (SSSR count). The van der Waals surface area contributed by atoms with Crippen molar-refractivity contribution in [3.05, 3.63) is 47.6 Å². The average Bonchev–Trinajstić information content (AvgIpc) is 2.98. The average molecular weight is 293 g/mol. The van der Waals surface area contributed by atoms with Gasteiger partial charge in [-0.05, 0) is 5.56 Å². The lowest BCUT2D eigenvalue weighted by molar-refractivity contribution is 0.362. The molecule has 2 atom stereocenters. The van der Waals surface area contributed by atoms with Crippen LogP contribution in [0.3, 0.4) is 0 Å². The molecule has 100 valence electrons. The molecule has 1 aliphatic rings. The number of hydrogen-bond acceptors (Lipinski definition) is 6. The molecule has 2 aromatic rings. The van der Waals surface area contributed by atoms with Gasteiger partial charge in [0.1, 0.15) is 6.04 Å². The molecular weight excluding hydrogens is 278 g/mol. The molecule has 0 saturated carbocycles. The maximum absolute atomic E-state index is 6.15. The molecule has 19 heavy (non-hydrogen) atoms. The van der Waals surface area contributed by atoms with Crippen LogP contribution in [0.2, 0.25) is 0 Å². The lowest BCUT2D eigenvalue weighted by atomic mass is 10.1. The van der Waals surface area contributed by atoms with E-state index in [0.29, 0.717) is 11.1 Å². The van der Waals surface area contributed by atoms with E-state index in [1.807, 2.05) is 53.9 Å². The van der Waals surface area contributed by atoms with Crippen molar-refractivity contribution < 1.29 is 4.52 Å². The second-order valence-corrected chi connectivity index (χ2v) is 6.77. The number of rotatable bonds is 3. The number of hydrogen-bond donors (Lipinski definition) is 1. The molecule has 0 spiro atoms. The molecular formula is C13H15N3OS2. The summed E-state index contributed by atoms with van der Waals surface area (Å²) in [6, 6.07) is 9.48. The SMILES string of the molecule is N[C@H](c1ccccc1)c1nc(C2CSCCS2)no1. The molecule has 1 unspecified atom stereocenters. The first kappa shape index (κ1) is 13.0. The molecule has 0 bridgehead atoms. The second-order valence-electron chi connectivity index (χ2n) is 4.31. The van der Waals surface area contributed by atoms with Crippen LogP contribution in [-0.4, -0.2) is 27.4 Å². The Hall–Kier alpha value is -0.980. The standard InChI is InChI=1S/C13H15N3OS2/c14-11(9-4-2-1-3-5-9)13-15-12(16-17-13)10-8-18-6-7-19-10/h1-5,10-11H,6-8,14H2/t10?,11-/m1/s1. The van der Waals surface area contributed by atoms with E-state index in [1.165, 1.54) is 5.75 Å². The first-order valence-corrected chi connectivity index (χ1v) is 8.38. The number of benzene rings is 1. The molecule has 1 saturated heterocycles. The van der Waals surface area contributed by atoms with E-state index >= 15 is 0 Å². The summed E-state index contributed by atoms with van der Waals surface area (Å²) in [6.07, 6.45) is 0. The fraction of sp³-hybridized carbons (Fsp3) is 0.385. The van der Waals surface area contributed by atoms with Gasteiger partial charge in [0.25, 0.3) is 0 Å². The Labute approximate surface area is 120 Å². The van der Waals surface area contributed by atoms with Crippen molar-refractivity contribution >= 4 is 23.5 Å². The third-order valence-electron chi connectivity index (χ3n) is 2.99. The highest BCUT2D eigenvalue weighted by molar-refractivity contribution is 8.06. The van der Waals surface area contributed by atoms with Gasteiger partial charge in [-0.15, -0.1) is 11.8 Å². The minimum atomic E-state index is -0.344. The highest BCUT2D eigenvalue weighted by Gasteiger charge is 2.24. The van der Waals surface area contributed by atoms with Crippen molar-refractivity contribution in [2.24, 2.45) is 5.73 Å². The number of aromatic nitrogens is 2. The van der Waals surface area contributed by atoms with Crippen LogP contribution in [0.5, 0.6) is 0 Å². The van der Waals surface area contributed by atoms with E-state index in [-0.39, 0.29) is 6.04 Å². The Bertz CT molecular complexity index is 526. The second kappa shape index (κ2) is 5.98. The van der Waals surface area contributed by atoms with Crippen molar-refractivity contribution in [3.63, 3.8) is 0 Å². The zero-order chi connectivity index (χ0) is 13.1. The summed E-state index contributed by atoms with van der Waals surface area (Å²) in [5.74, 6) is 4.67. The van der Waals surface area contributed by atoms with E-state index in [0.717, 1.165) is 22.9 Å². The quantitative estimate of drug-likeness (QED) is 0.938. The topological polar surface area (TPSA) is 64.9 Å². The third kappa shape index (κ3) is 2.96. The minimum absolute atomic E-state index is 0.333. The zero-order valence-corrected chi connectivity index (χ0v) is 12.0. The number of thioether (sulfide) groups is 2. The lowest BCUT2D eigenvalue weighted by Gasteiger charge is -2.17. The van der Waals surface area contributed by atoms with Gasteiger partial charge in [0.2, 0.25) is 5.89 Å². The van der Waals surface area contributed by atoms with Crippen LogP contribution in [0.15, 0.2) is 34.9 Å². The summed E-state index contributed by atoms with van der Waals surface area (Å²) in [7, 11) is 0. The van der Waals surface area contributed by atoms with E-state index < -0.39 is 0 Å². The van der Waals surface area contributed by atoms with Crippen LogP contribution in [0.25, 0.3) is 0 Å². The van der Waals surface area contributed by atoms with Gasteiger partial charge in [-0.3, -0.25) is 0 Å². The summed E-state index contributed by atoms with van der Waals surface area (Å²) in [5, 5.41) is 4.42. The molecule has 2 heterocycles. The molecule has 4 nitrogen and oxygen atoms in total. The van der Waals surface area contributed by atoms with Crippen molar-refractivity contribution in [2.45, 2.75) is 11.3 Å². The van der Waals surface area contributed by atoms with Crippen LogP contribution in [0, 0.1) is 0 Å². The van der Waals surface area contributed by atoms with Gasteiger partial charge in [0.15, 0.2) is 5.82 Å². The smallest absolute Gasteiger partial charge is 0.248 e. The predicted octanol–water partition coefficient (Wildman–Crippen LogP) is 2.64. The maximum atomic E-state index is 6.15. The van der Waals surface area contributed by atoms with E-state index in [2.05, 4.69) is 10.1 Å². The first-order chi connectivity index (χ1) is 9.34. The number of nitrogens with two attached hydrogens (primary N) is 1. The van der Waals surface area contributed by atoms with Gasteiger partial charge in [0, 0.05) is 17.3 Å². The molecule has 6 heteroatoms. The van der Waals surface area contributed by atoms with E-state index in [9.17, 15) is 0 Å². The van der Waals surface area contributed by atoms with E-state index in [1.54, 1.807) is 0 Å². The van der Waals surface area contributed by atoms with Gasteiger partial charge in [-0.1, -0.05) is 35.5 Å². The Morgan fingerprint density at radius 3 is 2.84 bits per heavy atom. The molecule has 0 amide bonds. The van der Waals surface area contributed by atoms with Gasteiger partial charge in [0.05, 0.1) is 5.25 Å². The molecule has 2 N–H and O–H groups in total. The van der Waals surface area contributed by atoms with Crippen molar-refractivity contribution in [1.82, 2.24) is 10.1 Å². The first-order valence-electron chi connectivity index (χ1n) is 6.18. The van der Waals surface area contributed by atoms with E-state index in [4.69, 9.17) is 10.3 Å². The highest BCUT2D eigenvalue weighted by atomic mass is 32.2. The Balaban J connectivity index is 1.77. The van der Waals surface area contributed by atoms with Gasteiger partial charge in [-0.25, -0.2) is 0 Å². The molecule has 1 aromatic heterocycles. The highest BCUT2D eigenvalue weighted by Crippen LogP contribution is 2.35. The van der Waals surface area contributed by atoms with Gasteiger partial charge in [-0.2, -0.15) is 16.7 Å². The number of nitrogens with zero attached hydrogens (tertiary/aromatic N) is 2. The monoisotopic (exact) mass is 293 g/mol. The van der Waals surface area contributed by atoms with Crippen LogP contribution in [0.1, 0.15) is 28.6 Å². The van der Waals surface area contributed by atoms with Gasteiger partial charge >= 0.3 is 0 Å². The summed E-state index contributed by atoms with van der Waals surface area (Å²) in [5.41, 5.74) is 7.14. The summed E-state index contributed by atoms with van der Waals surface area (Å²) < 4.78 is 5.33. The Morgan fingerprint density at radius 2 is 2.11 bits per heavy atom. The molecule has 1 aromatic carbocycles. The molecule has 1 fully saturated rings. The molecule has 0 aliphatic carbocycles. The Kier molecular flexibility index (Phi) is 4.10. The normalized spacial score (nSPS) is 21.2. The fourth-order valence-electron chi connectivity index (χ4n) is 1.94. The summed E-state index contributed by atoms with van der Waals surface area (Å²) in [6.45, 7) is 0. The van der Waals surface area contributed by atoms with Crippen molar-refractivity contribution in [2.75, 3.05) is 17.3 Å². The van der Waals surface area contributed by atoms with Crippen LogP contribution in [-0.2, 0) is 0 Å². The predicted molar refractivity (Wildman–Crippen MR) is 79.3 cm³/mol. The molecule has 1 aliphatic heterocycles. The van der Waals surface area contributed by atoms with Crippen LogP contribution in [0.4, 0.5) is 0 Å². The molecule has 0 radical (unpaired) electrons. The minimum Gasteiger partial charge on any atom is -0.337 e. The fourth-order valence-corrected chi connectivity index (χ4v) is 4.53. The lowest BCUT2D eigenvalue weighted by Crippen LogP contribution is -2.13. The summed E-state index contributed by atoms with van der Waals surface area (Å²) >= 11 is 3.83. The van der Waals surface area contributed by atoms with Gasteiger partial charge < -0.3 is 10.3 Å². The van der Waals surface area contributed by atoms with Crippen LogP contribution < -0.4 is 5.73 Å². The largest absolute Gasteiger partial charge is 0.337 e. The third-order valence-corrected chi connectivity index (χ3v) is 5.74.